The number of rotatable bonds is 4. The molecule has 2 aromatic rings. The lowest BCUT2D eigenvalue weighted by Crippen LogP contribution is -2.28. The summed E-state index contributed by atoms with van der Waals surface area (Å²) in [5.74, 6) is 0.663. The van der Waals surface area contributed by atoms with Crippen molar-refractivity contribution >= 4 is 37.8 Å². The predicted molar refractivity (Wildman–Crippen MR) is 88.7 cm³/mol. The van der Waals surface area contributed by atoms with E-state index in [-0.39, 0.29) is 0 Å². The highest BCUT2D eigenvalue weighted by Gasteiger charge is 2.18. The van der Waals surface area contributed by atoms with Crippen molar-refractivity contribution in [1.29, 1.82) is 0 Å². The third kappa shape index (κ3) is 4.58. The second-order valence-electron chi connectivity index (χ2n) is 4.57. The fraction of sp³-hybridized carbons (Fsp3) is 0.188. The van der Waals surface area contributed by atoms with Gasteiger partial charge in [0, 0.05) is 4.47 Å². The summed E-state index contributed by atoms with van der Waals surface area (Å²) in [6.07, 6.45) is -0.705. The summed E-state index contributed by atoms with van der Waals surface area (Å²) in [5.41, 5.74) is 1.11. The normalized spacial score (nSPS) is 11.8. The predicted octanol–water partition coefficient (Wildman–Crippen LogP) is 4.89. The molecule has 0 radical (unpaired) electrons. The lowest BCUT2D eigenvalue weighted by molar-refractivity contribution is -0.141. The Balaban J connectivity index is 2.00. The largest absolute Gasteiger partial charge is 0.478 e. The lowest BCUT2D eigenvalue weighted by Gasteiger charge is -2.15. The van der Waals surface area contributed by atoms with Crippen LogP contribution in [0.15, 0.2) is 51.4 Å². The fourth-order valence-electron chi connectivity index (χ4n) is 1.61. The molecule has 0 aliphatic carbocycles. The minimum absolute atomic E-state index is 0.436. The van der Waals surface area contributed by atoms with Gasteiger partial charge in [0.2, 0.25) is 0 Å². The number of carbonyl (C=O) groups is 1. The van der Waals surface area contributed by atoms with E-state index in [2.05, 4.69) is 31.9 Å². The monoisotopic (exact) mass is 412 g/mol. The molecular weight excluding hydrogens is 400 g/mol. The van der Waals surface area contributed by atoms with Gasteiger partial charge < -0.3 is 9.47 Å². The van der Waals surface area contributed by atoms with Crippen LogP contribution in [0.4, 0.5) is 0 Å². The van der Waals surface area contributed by atoms with Gasteiger partial charge in [-0.25, -0.2) is 4.79 Å². The van der Waals surface area contributed by atoms with E-state index < -0.39 is 12.1 Å². The summed E-state index contributed by atoms with van der Waals surface area (Å²) in [7, 11) is 0. The molecule has 1 atom stereocenters. The molecule has 110 valence electrons. The van der Waals surface area contributed by atoms with Gasteiger partial charge in [-0.15, -0.1) is 0 Å². The van der Waals surface area contributed by atoms with Gasteiger partial charge in [0.25, 0.3) is 0 Å². The number of ether oxygens (including phenoxy) is 2. The first kappa shape index (κ1) is 16.0. The van der Waals surface area contributed by atoms with E-state index in [1.54, 1.807) is 25.1 Å². The molecule has 0 saturated heterocycles. The van der Waals surface area contributed by atoms with E-state index in [1.807, 2.05) is 31.2 Å². The van der Waals surface area contributed by atoms with Crippen LogP contribution in [0.25, 0.3) is 0 Å². The molecule has 0 fully saturated rings. The zero-order valence-corrected chi connectivity index (χ0v) is 14.8. The Kier molecular flexibility index (Phi) is 5.42. The summed E-state index contributed by atoms with van der Waals surface area (Å²) in [5, 5.41) is 0. The molecule has 0 N–H and O–H groups in total. The first-order chi connectivity index (χ1) is 9.95. The molecule has 0 bridgehead atoms. The quantitative estimate of drug-likeness (QED) is 0.528. The van der Waals surface area contributed by atoms with Crippen LogP contribution >= 0.6 is 31.9 Å². The third-order valence-electron chi connectivity index (χ3n) is 2.77. The molecule has 0 heterocycles. The fourth-order valence-corrected chi connectivity index (χ4v) is 2.76. The first-order valence-corrected chi connectivity index (χ1v) is 7.94. The summed E-state index contributed by atoms with van der Waals surface area (Å²) in [6.45, 7) is 3.63. The van der Waals surface area contributed by atoms with Crippen LogP contribution in [0.5, 0.6) is 11.5 Å². The molecule has 0 aromatic heterocycles. The number of carbonyl (C=O) groups excluding carboxylic acids is 1. The van der Waals surface area contributed by atoms with Gasteiger partial charge in [-0.3, -0.25) is 0 Å². The van der Waals surface area contributed by atoms with E-state index in [9.17, 15) is 4.79 Å². The Morgan fingerprint density at radius 2 is 1.76 bits per heavy atom. The summed E-state index contributed by atoms with van der Waals surface area (Å²) in [6, 6.07) is 12.8. The number of halogens is 2. The van der Waals surface area contributed by atoms with Gasteiger partial charge in [-0.05, 0) is 60.1 Å². The highest BCUT2D eigenvalue weighted by atomic mass is 79.9. The van der Waals surface area contributed by atoms with Crippen LogP contribution in [-0.4, -0.2) is 12.1 Å². The van der Waals surface area contributed by atoms with E-state index in [0.29, 0.717) is 11.5 Å². The van der Waals surface area contributed by atoms with Crippen molar-refractivity contribution in [3.63, 3.8) is 0 Å². The minimum Gasteiger partial charge on any atom is -0.478 e. The summed E-state index contributed by atoms with van der Waals surface area (Å²) in [4.78, 5) is 12.0. The highest BCUT2D eigenvalue weighted by molar-refractivity contribution is 9.11. The van der Waals surface area contributed by atoms with Crippen LogP contribution < -0.4 is 9.47 Å². The van der Waals surface area contributed by atoms with E-state index in [1.165, 1.54) is 0 Å². The smallest absolute Gasteiger partial charge is 0.352 e. The molecule has 0 spiro atoms. The molecule has 0 saturated carbocycles. The maximum atomic E-state index is 12.0. The Hall–Kier alpha value is -1.33. The maximum Gasteiger partial charge on any atom is 0.352 e. The van der Waals surface area contributed by atoms with E-state index in [4.69, 9.17) is 9.47 Å². The van der Waals surface area contributed by atoms with Gasteiger partial charge >= 0.3 is 5.97 Å². The highest BCUT2D eigenvalue weighted by Crippen LogP contribution is 2.29. The number of aryl methyl sites for hydroxylation is 1. The van der Waals surface area contributed by atoms with Crippen molar-refractivity contribution < 1.29 is 14.3 Å². The molecule has 0 amide bonds. The van der Waals surface area contributed by atoms with Crippen molar-refractivity contribution in [2.75, 3.05) is 0 Å². The molecule has 5 heteroatoms. The molecule has 1 unspecified atom stereocenters. The Labute approximate surface area is 140 Å². The number of esters is 1. The van der Waals surface area contributed by atoms with E-state index in [0.717, 1.165) is 14.5 Å². The van der Waals surface area contributed by atoms with Gasteiger partial charge in [0.15, 0.2) is 6.10 Å². The Morgan fingerprint density at radius 1 is 1.10 bits per heavy atom. The lowest BCUT2D eigenvalue weighted by atomic mass is 10.2. The van der Waals surface area contributed by atoms with Crippen molar-refractivity contribution in [3.8, 4) is 11.5 Å². The van der Waals surface area contributed by atoms with Crippen molar-refractivity contribution in [2.24, 2.45) is 0 Å². The van der Waals surface area contributed by atoms with E-state index >= 15 is 0 Å². The van der Waals surface area contributed by atoms with Crippen LogP contribution in [-0.2, 0) is 4.79 Å². The van der Waals surface area contributed by atoms with Crippen molar-refractivity contribution in [2.45, 2.75) is 20.0 Å². The molecule has 0 aliphatic rings. The van der Waals surface area contributed by atoms with Crippen LogP contribution in [0.3, 0.4) is 0 Å². The first-order valence-electron chi connectivity index (χ1n) is 6.36. The molecular formula is C16H14Br2O3. The second-order valence-corrected chi connectivity index (χ2v) is 6.34. The Bertz CT molecular complexity index is 638. The molecule has 0 aliphatic heterocycles. The van der Waals surface area contributed by atoms with Crippen LogP contribution in [0.2, 0.25) is 0 Å². The van der Waals surface area contributed by atoms with Gasteiger partial charge in [0.05, 0.1) is 4.47 Å². The van der Waals surface area contributed by atoms with Gasteiger partial charge in [0.1, 0.15) is 11.5 Å². The zero-order valence-electron chi connectivity index (χ0n) is 11.6. The van der Waals surface area contributed by atoms with Gasteiger partial charge in [-0.1, -0.05) is 33.6 Å². The summed E-state index contributed by atoms with van der Waals surface area (Å²) < 4.78 is 12.6. The average molecular weight is 414 g/mol. The molecule has 21 heavy (non-hydrogen) atoms. The molecule has 2 aromatic carbocycles. The van der Waals surface area contributed by atoms with Crippen molar-refractivity contribution in [3.05, 3.63) is 57.0 Å². The average Bonchev–Trinajstić information content (AvgIpc) is 2.44. The minimum atomic E-state index is -0.705. The Morgan fingerprint density at radius 3 is 2.38 bits per heavy atom. The zero-order chi connectivity index (χ0) is 15.4. The van der Waals surface area contributed by atoms with Crippen LogP contribution in [0, 0.1) is 6.92 Å². The number of hydrogen-bond donors (Lipinski definition) is 0. The third-order valence-corrected chi connectivity index (χ3v) is 3.88. The standard InChI is InChI=1S/C16H14Br2O3/c1-10-3-6-13(7-4-10)21-16(19)11(2)20-15-8-5-12(17)9-14(15)18/h3-9,11H,1-2H3. The van der Waals surface area contributed by atoms with Crippen LogP contribution in [0.1, 0.15) is 12.5 Å². The number of benzene rings is 2. The van der Waals surface area contributed by atoms with Crippen molar-refractivity contribution in [1.82, 2.24) is 0 Å². The number of hydrogen-bond acceptors (Lipinski definition) is 3. The molecule has 3 nitrogen and oxygen atoms in total. The maximum absolute atomic E-state index is 12.0. The SMILES string of the molecule is Cc1ccc(OC(=O)C(C)Oc2ccc(Br)cc2Br)cc1. The van der Waals surface area contributed by atoms with Gasteiger partial charge in [-0.2, -0.15) is 0 Å². The second kappa shape index (κ2) is 7.09. The molecule has 2 rings (SSSR count). The topological polar surface area (TPSA) is 35.5 Å². The summed E-state index contributed by atoms with van der Waals surface area (Å²) >= 11 is 6.76.